The van der Waals surface area contributed by atoms with E-state index >= 15 is 0 Å². The predicted octanol–water partition coefficient (Wildman–Crippen LogP) is 3.52. The van der Waals surface area contributed by atoms with Crippen LogP contribution in [-0.2, 0) is 9.47 Å². The van der Waals surface area contributed by atoms with Crippen LogP contribution in [0.2, 0.25) is 0 Å². The zero-order valence-electron chi connectivity index (χ0n) is 13.5. The van der Waals surface area contributed by atoms with Gasteiger partial charge in [-0.3, -0.25) is 0 Å². The molecule has 1 saturated carbocycles. The van der Waals surface area contributed by atoms with Crippen LogP contribution >= 0.6 is 0 Å². The first kappa shape index (κ1) is 16.3. The molecular weight excluding hydrogens is 250 g/mol. The maximum atomic E-state index is 6.14. The fraction of sp³-hybridized carbons (Fsp3) is 1.00. The average molecular weight is 283 g/mol. The van der Waals surface area contributed by atoms with Gasteiger partial charge in [-0.25, -0.2) is 0 Å². The molecule has 1 saturated heterocycles. The molecule has 2 aliphatic rings. The number of rotatable bonds is 7. The fourth-order valence-corrected chi connectivity index (χ4v) is 3.50. The molecule has 0 amide bonds. The molecule has 3 nitrogen and oxygen atoms in total. The van der Waals surface area contributed by atoms with Crippen LogP contribution in [0.3, 0.4) is 0 Å². The molecule has 1 aliphatic heterocycles. The molecule has 1 unspecified atom stereocenters. The van der Waals surface area contributed by atoms with E-state index < -0.39 is 0 Å². The Hall–Kier alpha value is -0.120. The van der Waals surface area contributed by atoms with E-state index in [-0.39, 0.29) is 5.60 Å². The van der Waals surface area contributed by atoms with E-state index in [0.29, 0.717) is 6.04 Å². The summed E-state index contributed by atoms with van der Waals surface area (Å²) in [7, 11) is 0. The Kier molecular flexibility index (Phi) is 6.79. The topological polar surface area (TPSA) is 30.5 Å². The van der Waals surface area contributed by atoms with E-state index in [4.69, 9.17) is 9.47 Å². The first-order valence-electron chi connectivity index (χ1n) is 8.65. The van der Waals surface area contributed by atoms with Crippen molar-refractivity contribution in [1.29, 1.82) is 0 Å². The van der Waals surface area contributed by atoms with Crippen molar-refractivity contribution in [3.63, 3.8) is 0 Å². The van der Waals surface area contributed by atoms with Crippen molar-refractivity contribution in [3.8, 4) is 0 Å². The third-order valence-corrected chi connectivity index (χ3v) is 4.78. The molecule has 0 radical (unpaired) electrons. The molecular formula is C17H33NO2. The van der Waals surface area contributed by atoms with Crippen molar-refractivity contribution in [1.82, 2.24) is 5.32 Å². The van der Waals surface area contributed by atoms with E-state index in [9.17, 15) is 0 Å². The Morgan fingerprint density at radius 3 is 2.75 bits per heavy atom. The Bertz CT molecular complexity index is 256. The van der Waals surface area contributed by atoms with Crippen LogP contribution in [-0.4, -0.2) is 38.0 Å². The second kappa shape index (κ2) is 8.35. The highest BCUT2D eigenvalue weighted by Gasteiger charge is 2.38. The lowest BCUT2D eigenvalue weighted by Crippen LogP contribution is -2.48. The van der Waals surface area contributed by atoms with Gasteiger partial charge in [0.25, 0.3) is 0 Å². The molecule has 1 spiro atoms. The zero-order valence-corrected chi connectivity index (χ0v) is 13.5. The van der Waals surface area contributed by atoms with Gasteiger partial charge in [0.2, 0.25) is 0 Å². The first-order chi connectivity index (χ1) is 9.70. The van der Waals surface area contributed by atoms with Crippen molar-refractivity contribution >= 4 is 0 Å². The van der Waals surface area contributed by atoms with E-state index in [1.54, 1.807) is 0 Å². The van der Waals surface area contributed by atoms with Crippen LogP contribution in [0.4, 0.5) is 0 Å². The Balaban J connectivity index is 1.58. The largest absolute Gasteiger partial charge is 0.380 e. The SMILES string of the molecule is CC(C)CCOCCNC1CCOC2(CCCCC2)C1. The van der Waals surface area contributed by atoms with Crippen LogP contribution in [0.5, 0.6) is 0 Å². The summed E-state index contributed by atoms with van der Waals surface area (Å²) in [6.45, 7) is 8.15. The summed E-state index contributed by atoms with van der Waals surface area (Å²) in [6, 6.07) is 0.635. The van der Waals surface area contributed by atoms with Crippen molar-refractivity contribution in [2.75, 3.05) is 26.4 Å². The van der Waals surface area contributed by atoms with Crippen LogP contribution in [0, 0.1) is 5.92 Å². The molecule has 2 fully saturated rings. The lowest BCUT2D eigenvalue weighted by Gasteiger charge is -2.43. The Morgan fingerprint density at radius 2 is 2.00 bits per heavy atom. The molecule has 1 aliphatic carbocycles. The maximum absolute atomic E-state index is 6.14. The molecule has 0 aromatic heterocycles. The zero-order chi connectivity index (χ0) is 14.3. The highest BCUT2D eigenvalue weighted by molar-refractivity contribution is 4.91. The number of hydrogen-bond acceptors (Lipinski definition) is 3. The molecule has 1 heterocycles. The highest BCUT2D eigenvalue weighted by Crippen LogP contribution is 2.38. The van der Waals surface area contributed by atoms with Gasteiger partial charge in [-0.2, -0.15) is 0 Å². The summed E-state index contributed by atoms with van der Waals surface area (Å²) >= 11 is 0. The minimum atomic E-state index is 0.215. The van der Waals surface area contributed by atoms with Gasteiger partial charge in [0, 0.05) is 25.8 Å². The summed E-state index contributed by atoms with van der Waals surface area (Å²) in [5.74, 6) is 0.740. The van der Waals surface area contributed by atoms with E-state index in [2.05, 4.69) is 19.2 Å². The standard InChI is InChI=1S/C17H33NO2/c1-15(2)6-11-19-13-10-18-16-7-12-20-17(14-16)8-4-3-5-9-17/h15-16,18H,3-14H2,1-2H3. The number of nitrogens with one attached hydrogen (secondary N) is 1. The van der Waals surface area contributed by atoms with Gasteiger partial charge < -0.3 is 14.8 Å². The predicted molar refractivity (Wildman–Crippen MR) is 83.1 cm³/mol. The van der Waals surface area contributed by atoms with Crippen molar-refractivity contribution < 1.29 is 9.47 Å². The second-order valence-electron chi connectivity index (χ2n) is 7.03. The maximum Gasteiger partial charge on any atom is 0.0697 e. The third kappa shape index (κ3) is 5.34. The van der Waals surface area contributed by atoms with Crippen molar-refractivity contribution in [2.24, 2.45) is 5.92 Å². The normalized spacial score (nSPS) is 26.2. The van der Waals surface area contributed by atoms with Crippen LogP contribution in [0.15, 0.2) is 0 Å². The monoisotopic (exact) mass is 283 g/mol. The summed E-state index contributed by atoms with van der Waals surface area (Å²) < 4.78 is 11.8. The minimum Gasteiger partial charge on any atom is -0.380 e. The van der Waals surface area contributed by atoms with Crippen LogP contribution in [0.25, 0.3) is 0 Å². The quantitative estimate of drug-likeness (QED) is 0.725. The molecule has 20 heavy (non-hydrogen) atoms. The molecule has 2 rings (SSSR count). The summed E-state index contributed by atoms with van der Waals surface area (Å²) in [5, 5.41) is 3.68. The molecule has 1 N–H and O–H groups in total. The van der Waals surface area contributed by atoms with Gasteiger partial charge in [0.15, 0.2) is 0 Å². The lowest BCUT2D eigenvalue weighted by atomic mass is 9.78. The van der Waals surface area contributed by atoms with Crippen molar-refractivity contribution in [3.05, 3.63) is 0 Å². The molecule has 0 aromatic carbocycles. The van der Waals surface area contributed by atoms with E-state index in [0.717, 1.165) is 38.7 Å². The van der Waals surface area contributed by atoms with E-state index in [1.165, 1.54) is 44.9 Å². The van der Waals surface area contributed by atoms with Crippen LogP contribution in [0.1, 0.15) is 65.2 Å². The second-order valence-corrected chi connectivity index (χ2v) is 7.03. The van der Waals surface area contributed by atoms with Crippen molar-refractivity contribution in [2.45, 2.75) is 76.9 Å². The van der Waals surface area contributed by atoms with Gasteiger partial charge in [-0.05, 0) is 38.0 Å². The number of ether oxygens (including phenoxy) is 2. The van der Waals surface area contributed by atoms with Gasteiger partial charge in [0.05, 0.1) is 12.2 Å². The molecule has 3 heteroatoms. The van der Waals surface area contributed by atoms with Crippen LogP contribution < -0.4 is 5.32 Å². The third-order valence-electron chi connectivity index (χ3n) is 4.78. The summed E-state index contributed by atoms with van der Waals surface area (Å²) in [4.78, 5) is 0. The fourth-order valence-electron chi connectivity index (χ4n) is 3.50. The minimum absolute atomic E-state index is 0.215. The molecule has 0 bridgehead atoms. The van der Waals surface area contributed by atoms with Gasteiger partial charge in [-0.15, -0.1) is 0 Å². The smallest absolute Gasteiger partial charge is 0.0697 e. The van der Waals surface area contributed by atoms with Gasteiger partial charge in [-0.1, -0.05) is 33.1 Å². The first-order valence-corrected chi connectivity index (χ1v) is 8.65. The molecule has 1 atom stereocenters. The number of hydrogen-bond donors (Lipinski definition) is 1. The average Bonchev–Trinajstić information content (AvgIpc) is 2.43. The Morgan fingerprint density at radius 1 is 1.20 bits per heavy atom. The van der Waals surface area contributed by atoms with E-state index in [1.807, 2.05) is 0 Å². The van der Waals surface area contributed by atoms with Gasteiger partial charge >= 0.3 is 0 Å². The highest BCUT2D eigenvalue weighted by atomic mass is 16.5. The summed E-state index contributed by atoms with van der Waals surface area (Å²) in [6.07, 6.45) is 10.2. The Labute approximate surface area is 124 Å². The molecule has 0 aromatic rings. The lowest BCUT2D eigenvalue weighted by molar-refractivity contribution is -0.109. The summed E-state index contributed by atoms with van der Waals surface area (Å²) in [5.41, 5.74) is 0.215. The van der Waals surface area contributed by atoms with Gasteiger partial charge in [0.1, 0.15) is 0 Å². The molecule has 118 valence electrons.